The highest BCUT2D eigenvalue weighted by molar-refractivity contribution is 6.15. The third-order valence-electron chi connectivity index (χ3n) is 3.32. The molecule has 3 N–H and O–H groups in total. The predicted octanol–water partition coefficient (Wildman–Crippen LogP) is 0.183. The monoisotopic (exact) mass is 202 g/mol. The van der Waals surface area contributed by atoms with Crippen molar-refractivity contribution in [2.45, 2.75) is 11.8 Å². The Morgan fingerprint density at radius 1 is 1.40 bits per heavy atom. The quantitative estimate of drug-likeness (QED) is 0.504. The summed E-state index contributed by atoms with van der Waals surface area (Å²) in [5, 5.41) is 2.36. The molecule has 4 heteroatoms. The van der Waals surface area contributed by atoms with Gasteiger partial charge in [-0.15, -0.1) is 0 Å². The first-order chi connectivity index (χ1) is 7.14. The van der Waals surface area contributed by atoms with Crippen molar-refractivity contribution in [2.75, 3.05) is 5.73 Å². The molecule has 0 radical (unpaired) electrons. The molecule has 1 aliphatic heterocycles. The van der Waals surface area contributed by atoms with E-state index < -0.39 is 5.41 Å². The van der Waals surface area contributed by atoms with Gasteiger partial charge in [-0.05, 0) is 24.1 Å². The molecule has 0 bridgehead atoms. The smallest absolute Gasteiger partial charge is 0.238 e. The van der Waals surface area contributed by atoms with Gasteiger partial charge in [-0.2, -0.15) is 0 Å². The standard InChI is InChI=1S/C11H10N2O2/c12-7-3-1-2-6(4-7)11-5-8(11)9(14)13-10(11)15/h1-4,8H,5,12H2,(H,13,14,15). The number of nitrogens with one attached hydrogen (secondary N) is 1. The molecule has 4 nitrogen and oxygen atoms in total. The lowest BCUT2D eigenvalue weighted by atomic mass is 9.94. The van der Waals surface area contributed by atoms with Gasteiger partial charge >= 0.3 is 0 Å². The molecule has 1 aromatic rings. The largest absolute Gasteiger partial charge is 0.399 e. The first-order valence-electron chi connectivity index (χ1n) is 4.86. The molecule has 3 rings (SSSR count). The molecule has 0 spiro atoms. The number of fused-ring (bicyclic) bond motifs is 1. The first-order valence-corrected chi connectivity index (χ1v) is 4.86. The van der Waals surface area contributed by atoms with E-state index in [2.05, 4.69) is 5.32 Å². The summed E-state index contributed by atoms with van der Waals surface area (Å²) in [5.74, 6) is -0.502. The number of hydrogen-bond acceptors (Lipinski definition) is 3. The fraction of sp³-hybridized carbons (Fsp3) is 0.273. The van der Waals surface area contributed by atoms with E-state index in [1.165, 1.54) is 0 Å². The van der Waals surface area contributed by atoms with Gasteiger partial charge in [-0.3, -0.25) is 14.9 Å². The summed E-state index contributed by atoms with van der Waals surface area (Å²) in [6.07, 6.45) is 0.626. The molecule has 1 heterocycles. The van der Waals surface area contributed by atoms with Crippen LogP contribution in [0.2, 0.25) is 0 Å². The fourth-order valence-electron chi connectivity index (χ4n) is 2.41. The maximum absolute atomic E-state index is 11.7. The number of amides is 2. The summed E-state index contributed by atoms with van der Waals surface area (Å²) in [6, 6.07) is 7.21. The fourth-order valence-corrected chi connectivity index (χ4v) is 2.41. The average Bonchev–Trinajstić information content (AvgIpc) is 2.88. The number of carbonyl (C=O) groups excluding carboxylic acids is 2. The highest BCUT2D eigenvalue weighted by atomic mass is 16.2. The first kappa shape index (κ1) is 8.47. The minimum absolute atomic E-state index is 0.151. The zero-order chi connectivity index (χ0) is 10.6. The van der Waals surface area contributed by atoms with E-state index in [0.717, 1.165) is 5.56 Å². The summed E-state index contributed by atoms with van der Waals surface area (Å²) >= 11 is 0. The Labute approximate surface area is 86.5 Å². The zero-order valence-electron chi connectivity index (χ0n) is 7.99. The van der Waals surface area contributed by atoms with Crippen LogP contribution >= 0.6 is 0 Å². The molecule has 1 saturated heterocycles. The number of anilines is 1. The molecule has 2 amide bonds. The molecule has 2 unspecified atom stereocenters. The second-order valence-electron chi connectivity index (χ2n) is 4.17. The summed E-state index contributed by atoms with van der Waals surface area (Å²) in [4.78, 5) is 23.0. The molecular formula is C11H10N2O2. The van der Waals surface area contributed by atoms with Crippen molar-refractivity contribution in [1.29, 1.82) is 0 Å². The third kappa shape index (κ3) is 0.909. The number of hydrogen-bond donors (Lipinski definition) is 2. The van der Waals surface area contributed by atoms with Gasteiger partial charge in [0.1, 0.15) is 0 Å². The van der Waals surface area contributed by atoms with E-state index in [0.29, 0.717) is 12.1 Å². The van der Waals surface area contributed by atoms with E-state index >= 15 is 0 Å². The number of benzene rings is 1. The Bertz CT molecular complexity index is 483. The van der Waals surface area contributed by atoms with Gasteiger partial charge in [0.25, 0.3) is 0 Å². The van der Waals surface area contributed by atoms with Crippen LogP contribution in [-0.2, 0) is 15.0 Å². The SMILES string of the molecule is Nc1cccc(C23CC2C(=O)NC3=O)c1. The van der Waals surface area contributed by atoms with E-state index in [9.17, 15) is 9.59 Å². The highest BCUT2D eigenvalue weighted by Crippen LogP contribution is 2.57. The minimum Gasteiger partial charge on any atom is -0.399 e. The molecule has 1 aliphatic carbocycles. The normalized spacial score (nSPS) is 32.4. The predicted molar refractivity (Wildman–Crippen MR) is 53.8 cm³/mol. The van der Waals surface area contributed by atoms with Gasteiger partial charge < -0.3 is 5.73 Å². The lowest BCUT2D eigenvalue weighted by Gasteiger charge is -2.10. The van der Waals surface area contributed by atoms with E-state index in [1.807, 2.05) is 12.1 Å². The average molecular weight is 202 g/mol. The second-order valence-corrected chi connectivity index (χ2v) is 4.17. The minimum atomic E-state index is -0.605. The number of piperidine rings is 1. The van der Waals surface area contributed by atoms with E-state index in [-0.39, 0.29) is 17.7 Å². The zero-order valence-corrected chi connectivity index (χ0v) is 7.99. The summed E-state index contributed by atoms with van der Waals surface area (Å²) in [6.45, 7) is 0. The number of nitrogens with two attached hydrogens (primary N) is 1. The topological polar surface area (TPSA) is 72.2 Å². The van der Waals surface area contributed by atoms with Gasteiger partial charge in [0.15, 0.2) is 0 Å². The van der Waals surface area contributed by atoms with Crippen LogP contribution in [0.4, 0.5) is 5.69 Å². The van der Waals surface area contributed by atoms with Gasteiger partial charge in [0.2, 0.25) is 11.8 Å². The number of imide groups is 1. The van der Waals surface area contributed by atoms with Crippen LogP contribution in [0.3, 0.4) is 0 Å². The summed E-state index contributed by atoms with van der Waals surface area (Å²) in [7, 11) is 0. The third-order valence-corrected chi connectivity index (χ3v) is 3.32. The van der Waals surface area contributed by atoms with E-state index in [1.54, 1.807) is 12.1 Å². The van der Waals surface area contributed by atoms with Crippen LogP contribution < -0.4 is 11.1 Å². The Kier molecular flexibility index (Phi) is 1.35. The van der Waals surface area contributed by atoms with Crippen molar-refractivity contribution in [2.24, 2.45) is 5.92 Å². The Morgan fingerprint density at radius 2 is 2.20 bits per heavy atom. The van der Waals surface area contributed by atoms with Crippen LogP contribution in [0.1, 0.15) is 12.0 Å². The summed E-state index contributed by atoms with van der Waals surface area (Å²) < 4.78 is 0. The molecule has 2 fully saturated rings. The van der Waals surface area contributed by atoms with Gasteiger partial charge in [-0.1, -0.05) is 12.1 Å². The molecule has 2 aliphatic rings. The van der Waals surface area contributed by atoms with Gasteiger partial charge in [0.05, 0.1) is 11.3 Å². The van der Waals surface area contributed by atoms with Crippen molar-refractivity contribution in [3.63, 3.8) is 0 Å². The highest BCUT2D eigenvalue weighted by Gasteiger charge is 2.69. The van der Waals surface area contributed by atoms with Crippen LogP contribution in [0.25, 0.3) is 0 Å². The van der Waals surface area contributed by atoms with Gasteiger partial charge in [-0.25, -0.2) is 0 Å². The van der Waals surface area contributed by atoms with Crippen molar-refractivity contribution in [1.82, 2.24) is 5.32 Å². The van der Waals surface area contributed by atoms with Crippen molar-refractivity contribution < 1.29 is 9.59 Å². The number of nitrogen functional groups attached to an aromatic ring is 1. The molecule has 15 heavy (non-hydrogen) atoms. The molecular weight excluding hydrogens is 192 g/mol. The van der Waals surface area contributed by atoms with Crippen molar-refractivity contribution in [3.8, 4) is 0 Å². The van der Waals surface area contributed by atoms with Crippen LogP contribution in [0.15, 0.2) is 24.3 Å². The van der Waals surface area contributed by atoms with Crippen LogP contribution in [0.5, 0.6) is 0 Å². The molecule has 76 valence electrons. The Balaban J connectivity index is 2.09. The molecule has 2 atom stereocenters. The maximum atomic E-state index is 11.7. The lowest BCUT2D eigenvalue weighted by Crippen LogP contribution is -2.30. The molecule has 0 aromatic heterocycles. The van der Waals surface area contributed by atoms with E-state index in [4.69, 9.17) is 5.73 Å². The van der Waals surface area contributed by atoms with Gasteiger partial charge in [0, 0.05) is 5.69 Å². The van der Waals surface area contributed by atoms with Crippen LogP contribution in [-0.4, -0.2) is 11.8 Å². The maximum Gasteiger partial charge on any atom is 0.238 e. The summed E-state index contributed by atoms with van der Waals surface area (Å²) in [5.41, 5.74) is 6.54. The van der Waals surface area contributed by atoms with Crippen molar-refractivity contribution >= 4 is 17.5 Å². The van der Waals surface area contributed by atoms with Crippen molar-refractivity contribution in [3.05, 3.63) is 29.8 Å². The lowest BCUT2D eigenvalue weighted by molar-refractivity contribution is -0.127. The number of carbonyl (C=O) groups is 2. The Hall–Kier alpha value is -1.84. The Morgan fingerprint density at radius 3 is 2.73 bits per heavy atom. The molecule has 1 saturated carbocycles. The molecule has 1 aromatic carbocycles. The van der Waals surface area contributed by atoms with Crippen LogP contribution in [0, 0.1) is 5.92 Å². The number of rotatable bonds is 1. The second kappa shape index (κ2) is 2.39.